The number of ether oxygens (including phenoxy) is 1. The van der Waals surface area contributed by atoms with E-state index >= 15 is 0 Å². The van der Waals surface area contributed by atoms with Gasteiger partial charge in [0.05, 0.1) is 6.61 Å². The van der Waals surface area contributed by atoms with Crippen LogP contribution in [0.5, 0.6) is 0 Å². The maximum absolute atomic E-state index is 12.2. The molecule has 2 aliphatic rings. The molecule has 3 atom stereocenters. The quantitative estimate of drug-likeness (QED) is 0.904. The van der Waals surface area contributed by atoms with E-state index in [0.717, 1.165) is 32.6 Å². The lowest BCUT2D eigenvalue weighted by Crippen LogP contribution is -2.31. The van der Waals surface area contributed by atoms with Gasteiger partial charge >= 0.3 is 0 Å². The van der Waals surface area contributed by atoms with Gasteiger partial charge in [-0.25, -0.2) is 0 Å². The minimum absolute atomic E-state index is 0.178. The van der Waals surface area contributed by atoms with Crippen LogP contribution in [-0.4, -0.2) is 25.7 Å². The molecule has 1 saturated carbocycles. The van der Waals surface area contributed by atoms with Crippen molar-refractivity contribution in [3.05, 3.63) is 35.4 Å². The monoisotopic (exact) mass is 287 g/mol. The lowest BCUT2D eigenvalue weighted by atomic mass is 10.00. The third-order valence-electron chi connectivity index (χ3n) is 4.75. The maximum Gasteiger partial charge on any atom is 0.223 e. The summed E-state index contributed by atoms with van der Waals surface area (Å²) in [6, 6.07) is 8.78. The number of benzene rings is 1. The summed E-state index contributed by atoms with van der Waals surface area (Å²) in [7, 11) is 0. The molecular weight excluding hydrogens is 262 g/mol. The summed E-state index contributed by atoms with van der Waals surface area (Å²) in [4.78, 5) is 12.2. The molecule has 1 N–H and O–H groups in total. The number of carbonyl (C=O) groups is 1. The summed E-state index contributed by atoms with van der Waals surface area (Å²) < 4.78 is 5.34. The van der Waals surface area contributed by atoms with E-state index in [9.17, 15) is 4.79 Å². The summed E-state index contributed by atoms with van der Waals surface area (Å²) in [5.41, 5.74) is 2.67. The van der Waals surface area contributed by atoms with Crippen LogP contribution in [-0.2, 0) is 9.53 Å². The van der Waals surface area contributed by atoms with Gasteiger partial charge in [0.15, 0.2) is 0 Å². The second kappa shape index (κ2) is 6.18. The Labute approximate surface area is 127 Å². The maximum atomic E-state index is 12.2. The molecular formula is C18H25NO2. The highest BCUT2D eigenvalue weighted by atomic mass is 16.5. The van der Waals surface area contributed by atoms with Gasteiger partial charge in [-0.05, 0) is 35.8 Å². The molecule has 1 aliphatic carbocycles. The average molecular weight is 287 g/mol. The molecule has 3 rings (SSSR count). The van der Waals surface area contributed by atoms with Gasteiger partial charge in [0.25, 0.3) is 0 Å². The first-order chi connectivity index (χ1) is 10.1. The molecule has 21 heavy (non-hydrogen) atoms. The predicted octanol–water partition coefficient (Wildman–Crippen LogP) is 3.07. The molecule has 3 nitrogen and oxygen atoms in total. The molecule has 2 fully saturated rings. The molecule has 1 amide bonds. The molecule has 0 aromatic heterocycles. The van der Waals surface area contributed by atoms with Gasteiger partial charge in [0.2, 0.25) is 5.91 Å². The van der Waals surface area contributed by atoms with Crippen LogP contribution in [0.4, 0.5) is 0 Å². The molecule has 1 heterocycles. The number of nitrogens with one attached hydrogen (secondary N) is 1. The molecule has 0 spiro atoms. The van der Waals surface area contributed by atoms with E-state index in [0.29, 0.717) is 17.8 Å². The SMILES string of the molecule is CC(C)c1ccc([C@@H]2C[C@@H]2C(=O)NC[C@H]2CCOC2)cc1. The molecule has 114 valence electrons. The van der Waals surface area contributed by atoms with Gasteiger partial charge in [-0.2, -0.15) is 0 Å². The Kier molecular flexibility index (Phi) is 4.29. The fourth-order valence-corrected chi connectivity index (χ4v) is 3.10. The Morgan fingerprint density at radius 2 is 2.10 bits per heavy atom. The highest BCUT2D eigenvalue weighted by Gasteiger charge is 2.43. The van der Waals surface area contributed by atoms with Gasteiger partial charge in [-0.3, -0.25) is 4.79 Å². The summed E-state index contributed by atoms with van der Waals surface area (Å²) in [5, 5.41) is 3.10. The van der Waals surface area contributed by atoms with E-state index < -0.39 is 0 Å². The van der Waals surface area contributed by atoms with E-state index in [1.165, 1.54) is 11.1 Å². The number of rotatable bonds is 5. The van der Waals surface area contributed by atoms with Crippen molar-refractivity contribution < 1.29 is 9.53 Å². The Bertz CT molecular complexity index is 488. The molecule has 1 saturated heterocycles. The first-order valence-corrected chi connectivity index (χ1v) is 8.10. The minimum Gasteiger partial charge on any atom is -0.381 e. The summed E-state index contributed by atoms with van der Waals surface area (Å²) >= 11 is 0. The zero-order chi connectivity index (χ0) is 14.8. The number of amides is 1. The normalized spacial score (nSPS) is 27.9. The molecule has 0 radical (unpaired) electrons. The highest BCUT2D eigenvalue weighted by molar-refractivity contribution is 5.82. The van der Waals surface area contributed by atoms with Crippen molar-refractivity contribution in [2.45, 2.75) is 38.5 Å². The topological polar surface area (TPSA) is 38.3 Å². The summed E-state index contributed by atoms with van der Waals surface area (Å²) in [6.07, 6.45) is 2.07. The van der Waals surface area contributed by atoms with Crippen LogP contribution < -0.4 is 5.32 Å². The van der Waals surface area contributed by atoms with Gasteiger partial charge in [-0.15, -0.1) is 0 Å². The molecule has 1 aromatic rings. The molecule has 0 unspecified atom stereocenters. The van der Waals surface area contributed by atoms with Gasteiger partial charge in [-0.1, -0.05) is 38.1 Å². The molecule has 1 aromatic carbocycles. The van der Waals surface area contributed by atoms with E-state index in [2.05, 4.69) is 43.4 Å². The molecule has 0 bridgehead atoms. The van der Waals surface area contributed by atoms with Crippen LogP contribution >= 0.6 is 0 Å². The van der Waals surface area contributed by atoms with Gasteiger partial charge < -0.3 is 10.1 Å². The highest BCUT2D eigenvalue weighted by Crippen LogP contribution is 2.47. The lowest BCUT2D eigenvalue weighted by molar-refractivity contribution is -0.122. The first-order valence-electron chi connectivity index (χ1n) is 8.10. The zero-order valence-corrected chi connectivity index (χ0v) is 13.0. The van der Waals surface area contributed by atoms with Gasteiger partial charge in [0, 0.05) is 25.0 Å². The second-order valence-corrected chi connectivity index (χ2v) is 6.74. The number of hydrogen-bond donors (Lipinski definition) is 1. The number of carbonyl (C=O) groups excluding carboxylic acids is 1. The van der Waals surface area contributed by atoms with Crippen molar-refractivity contribution in [3.63, 3.8) is 0 Å². The van der Waals surface area contributed by atoms with Crippen LogP contribution in [0.3, 0.4) is 0 Å². The van der Waals surface area contributed by atoms with Crippen LogP contribution in [0.2, 0.25) is 0 Å². The Morgan fingerprint density at radius 3 is 2.71 bits per heavy atom. The lowest BCUT2D eigenvalue weighted by Gasteiger charge is -2.10. The van der Waals surface area contributed by atoms with Crippen molar-refractivity contribution in [2.75, 3.05) is 19.8 Å². The van der Waals surface area contributed by atoms with Crippen molar-refractivity contribution in [3.8, 4) is 0 Å². The molecule has 1 aliphatic heterocycles. The van der Waals surface area contributed by atoms with E-state index in [4.69, 9.17) is 4.74 Å². The smallest absolute Gasteiger partial charge is 0.223 e. The predicted molar refractivity (Wildman–Crippen MR) is 83.3 cm³/mol. The van der Waals surface area contributed by atoms with Crippen molar-refractivity contribution >= 4 is 5.91 Å². The zero-order valence-electron chi connectivity index (χ0n) is 13.0. The Morgan fingerprint density at radius 1 is 1.33 bits per heavy atom. The summed E-state index contributed by atoms with van der Waals surface area (Å²) in [5.74, 6) is 1.89. The fraction of sp³-hybridized carbons (Fsp3) is 0.611. The van der Waals surface area contributed by atoms with Crippen LogP contribution in [0.1, 0.15) is 49.7 Å². The van der Waals surface area contributed by atoms with E-state index in [1.807, 2.05) is 0 Å². The van der Waals surface area contributed by atoms with E-state index in [-0.39, 0.29) is 11.8 Å². The Balaban J connectivity index is 1.49. The largest absolute Gasteiger partial charge is 0.381 e. The van der Waals surface area contributed by atoms with E-state index in [1.54, 1.807) is 0 Å². The van der Waals surface area contributed by atoms with Crippen LogP contribution in [0.15, 0.2) is 24.3 Å². The minimum atomic E-state index is 0.178. The van der Waals surface area contributed by atoms with Gasteiger partial charge in [0.1, 0.15) is 0 Å². The molecule has 3 heteroatoms. The second-order valence-electron chi connectivity index (χ2n) is 6.74. The van der Waals surface area contributed by atoms with Crippen molar-refractivity contribution in [2.24, 2.45) is 11.8 Å². The van der Waals surface area contributed by atoms with Crippen molar-refractivity contribution in [1.29, 1.82) is 0 Å². The standard InChI is InChI=1S/C18H25NO2/c1-12(2)14-3-5-15(6-4-14)16-9-17(16)18(20)19-10-13-7-8-21-11-13/h3-6,12-13,16-17H,7-11H2,1-2H3,(H,19,20)/t13-,16+,17+/m1/s1. The number of hydrogen-bond acceptors (Lipinski definition) is 2. The summed E-state index contributed by atoms with van der Waals surface area (Å²) in [6.45, 7) is 6.82. The van der Waals surface area contributed by atoms with Crippen molar-refractivity contribution in [1.82, 2.24) is 5.32 Å². The van der Waals surface area contributed by atoms with Crippen LogP contribution in [0, 0.1) is 11.8 Å². The third kappa shape index (κ3) is 3.46. The fourth-order valence-electron chi connectivity index (χ4n) is 3.10. The third-order valence-corrected chi connectivity index (χ3v) is 4.75. The van der Waals surface area contributed by atoms with Crippen LogP contribution in [0.25, 0.3) is 0 Å². The first kappa shape index (κ1) is 14.6. The Hall–Kier alpha value is -1.35. The average Bonchev–Trinajstić information content (AvgIpc) is 3.12.